The fourth-order valence-corrected chi connectivity index (χ4v) is 3.32. The highest BCUT2D eigenvalue weighted by molar-refractivity contribution is 8.00. The molecule has 0 atom stereocenters. The van der Waals surface area contributed by atoms with E-state index in [4.69, 9.17) is 0 Å². The van der Waals surface area contributed by atoms with Crippen molar-refractivity contribution in [2.45, 2.75) is 32.6 Å². The van der Waals surface area contributed by atoms with Gasteiger partial charge in [0.05, 0.1) is 12.3 Å². The molecule has 2 aromatic rings. The summed E-state index contributed by atoms with van der Waals surface area (Å²) in [6, 6.07) is 12.1. The van der Waals surface area contributed by atoms with Crippen molar-refractivity contribution in [3.05, 3.63) is 58.7 Å². The highest BCUT2D eigenvalue weighted by Crippen LogP contribution is 2.22. The molecule has 0 aromatic heterocycles. The topological polar surface area (TPSA) is 70.2 Å². The maximum Gasteiger partial charge on any atom is 0.257 e. The lowest BCUT2D eigenvalue weighted by Crippen LogP contribution is -2.44. The van der Waals surface area contributed by atoms with Gasteiger partial charge in [0.15, 0.2) is 0 Å². The molecule has 2 amide bonds. The normalized spacial score (nSPS) is 10.3. The predicted octanol–water partition coefficient (Wildman–Crippen LogP) is 3.27. The Labute approximate surface area is 158 Å². The van der Waals surface area contributed by atoms with E-state index in [9.17, 15) is 9.59 Å². The van der Waals surface area contributed by atoms with Crippen molar-refractivity contribution in [3.63, 3.8) is 0 Å². The van der Waals surface area contributed by atoms with Gasteiger partial charge in [-0.25, -0.2) is 0 Å². The minimum atomic E-state index is -0.296. The molecule has 138 valence electrons. The van der Waals surface area contributed by atoms with Crippen molar-refractivity contribution in [1.82, 2.24) is 10.9 Å². The van der Waals surface area contributed by atoms with Crippen LogP contribution in [0.15, 0.2) is 41.3 Å². The molecule has 0 saturated carbocycles. The summed E-state index contributed by atoms with van der Waals surface area (Å²) in [5, 5.41) is 3.07. The Morgan fingerprint density at radius 1 is 0.846 bits per heavy atom. The van der Waals surface area contributed by atoms with Gasteiger partial charge in [-0.1, -0.05) is 35.4 Å². The zero-order valence-corrected chi connectivity index (χ0v) is 16.4. The van der Waals surface area contributed by atoms with E-state index in [-0.39, 0.29) is 24.1 Å². The number of benzene rings is 2. The van der Waals surface area contributed by atoms with Crippen LogP contribution in [-0.2, 0) is 9.59 Å². The standard InChI is InChI=1S/C20H25N3O2S/c1-13-5-7-17(15(3)9-13)21-11-19(24)22-23-20(25)12-26-18-8-6-14(2)10-16(18)4/h5-10,21H,11-12H2,1-4H3,(H,22,24)(H,23,25). The van der Waals surface area contributed by atoms with Gasteiger partial charge in [-0.15, -0.1) is 11.8 Å². The third-order valence-electron chi connectivity index (χ3n) is 3.85. The SMILES string of the molecule is Cc1ccc(NCC(=O)NNC(=O)CSc2ccc(C)cc2C)c(C)c1. The number of anilines is 1. The Hall–Kier alpha value is -2.47. The fraction of sp³-hybridized carbons (Fsp3) is 0.300. The van der Waals surface area contributed by atoms with E-state index in [1.807, 2.05) is 58.0 Å². The first-order valence-corrected chi connectivity index (χ1v) is 9.42. The van der Waals surface area contributed by atoms with E-state index in [2.05, 4.69) is 22.2 Å². The van der Waals surface area contributed by atoms with Crippen LogP contribution in [0.4, 0.5) is 5.69 Å². The van der Waals surface area contributed by atoms with Crippen molar-refractivity contribution in [1.29, 1.82) is 0 Å². The number of carbonyl (C=O) groups excluding carboxylic acids is 2. The lowest BCUT2D eigenvalue weighted by molar-refractivity contribution is -0.126. The van der Waals surface area contributed by atoms with Crippen LogP contribution >= 0.6 is 11.8 Å². The predicted molar refractivity (Wildman–Crippen MR) is 107 cm³/mol. The number of hydrogen-bond acceptors (Lipinski definition) is 4. The molecule has 0 fully saturated rings. The van der Waals surface area contributed by atoms with Crippen molar-refractivity contribution in [2.24, 2.45) is 0 Å². The number of amides is 2. The summed E-state index contributed by atoms with van der Waals surface area (Å²) >= 11 is 1.45. The van der Waals surface area contributed by atoms with Crippen molar-refractivity contribution >= 4 is 29.3 Å². The minimum Gasteiger partial charge on any atom is -0.376 e. The van der Waals surface area contributed by atoms with Gasteiger partial charge in [-0.2, -0.15) is 0 Å². The van der Waals surface area contributed by atoms with Crippen molar-refractivity contribution in [2.75, 3.05) is 17.6 Å². The Morgan fingerprint density at radius 2 is 1.46 bits per heavy atom. The molecule has 2 aromatic carbocycles. The van der Waals surface area contributed by atoms with E-state index in [1.165, 1.54) is 22.9 Å². The average Bonchev–Trinajstić information content (AvgIpc) is 2.58. The van der Waals surface area contributed by atoms with Gasteiger partial charge in [-0.3, -0.25) is 20.4 Å². The number of rotatable bonds is 6. The molecule has 2 rings (SSSR count). The summed E-state index contributed by atoms with van der Waals surface area (Å²) in [7, 11) is 0. The molecule has 0 aliphatic rings. The van der Waals surface area contributed by atoms with Gasteiger partial charge in [0.1, 0.15) is 0 Å². The molecule has 0 unspecified atom stereocenters. The molecule has 26 heavy (non-hydrogen) atoms. The van der Waals surface area contributed by atoms with Crippen LogP contribution in [0.5, 0.6) is 0 Å². The lowest BCUT2D eigenvalue weighted by atomic mass is 10.1. The number of nitrogens with one attached hydrogen (secondary N) is 3. The summed E-state index contributed by atoms with van der Waals surface area (Å²) in [5.74, 6) is -0.293. The Bertz CT molecular complexity index is 738. The Balaban J connectivity index is 1.72. The number of hydrogen-bond donors (Lipinski definition) is 3. The van der Waals surface area contributed by atoms with Gasteiger partial charge in [0, 0.05) is 10.6 Å². The number of thioether (sulfide) groups is 1. The second kappa shape index (κ2) is 9.29. The molecule has 0 bridgehead atoms. The summed E-state index contributed by atoms with van der Waals surface area (Å²) in [4.78, 5) is 24.8. The summed E-state index contributed by atoms with van der Waals surface area (Å²) in [6.45, 7) is 8.16. The molecule has 0 radical (unpaired) electrons. The van der Waals surface area contributed by atoms with Crippen LogP contribution in [0.1, 0.15) is 22.3 Å². The lowest BCUT2D eigenvalue weighted by Gasteiger charge is -2.11. The van der Waals surface area contributed by atoms with E-state index in [0.717, 1.165) is 21.7 Å². The van der Waals surface area contributed by atoms with Gasteiger partial charge in [0.25, 0.3) is 5.91 Å². The average molecular weight is 372 g/mol. The summed E-state index contributed by atoms with van der Waals surface area (Å²) < 4.78 is 0. The summed E-state index contributed by atoms with van der Waals surface area (Å²) in [5.41, 5.74) is 10.4. The highest BCUT2D eigenvalue weighted by Gasteiger charge is 2.07. The minimum absolute atomic E-state index is 0.0917. The third kappa shape index (κ3) is 6.11. The first-order chi connectivity index (χ1) is 12.3. The Morgan fingerprint density at radius 3 is 2.12 bits per heavy atom. The van der Waals surface area contributed by atoms with Crippen molar-refractivity contribution in [3.8, 4) is 0 Å². The molecule has 0 saturated heterocycles. The van der Waals surface area contributed by atoms with Crippen LogP contribution < -0.4 is 16.2 Å². The zero-order chi connectivity index (χ0) is 19.1. The molecule has 0 aliphatic carbocycles. The molecular formula is C20H25N3O2S. The first-order valence-electron chi connectivity index (χ1n) is 8.44. The molecule has 0 heterocycles. The molecule has 0 aliphatic heterocycles. The van der Waals surface area contributed by atoms with Gasteiger partial charge in [0.2, 0.25) is 5.91 Å². The second-order valence-electron chi connectivity index (χ2n) is 6.33. The van der Waals surface area contributed by atoms with E-state index >= 15 is 0 Å². The quantitative estimate of drug-likeness (QED) is 0.538. The van der Waals surface area contributed by atoms with Gasteiger partial charge >= 0.3 is 0 Å². The van der Waals surface area contributed by atoms with E-state index in [0.29, 0.717) is 0 Å². The number of aryl methyl sites for hydroxylation is 4. The van der Waals surface area contributed by atoms with Crippen LogP contribution in [0.25, 0.3) is 0 Å². The molecular weight excluding hydrogens is 346 g/mol. The number of carbonyl (C=O) groups is 2. The van der Waals surface area contributed by atoms with Crippen LogP contribution in [-0.4, -0.2) is 24.1 Å². The monoisotopic (exact) mass is 371 g/mol. The van der Waals surface area contributed by atoms with Crippen LogP contribution in [0, 0.1) is 27.7 Å². The maximum atomic E-state index is 11.9. The van der Waals surface area contributed by atoms with Gasteiger partial charge in [-0.05, 0) is 51.0 Å². The Kier molecular flexibility index (Phi) is 7.09. The largest absolute Gasteiger partial charge is 0.376 e. The molecule has 6 heteroatoms. The molecule has 5 nitrogen and oxygen atoms in total. The zero-order valence-electron chi connectivity index (χ0n) is 15.6. The highest BCUT2D eigenvalue weighted by atomic mass is 32.2. The van der Waals surface area contributed by atoms with Crippen LogP contribution in [0.3, 0.4) is 0 Å². The summed E-state index contributed by atoms with van der Waals surface area (Å²) in [6.07, 6.45) is 0. The van der Waals surface area contributed by atoms with Gasteiger partial charge < -0.3 is 5.32 Å². The van der Waals surface area contributed by atoms with E-state index < -0.39 is 0 Å². The smallest absolute Gasteiger partial charge is 0.257 e. The first kappa shape index (κ1) is 19.8. The van der Waals surface area contributed by atoms with E-state index in [1.54, 1.807) is 0 Å². The maximum absolute atomic E-state index is 11.9. The van der Waals surface area contributed by atoms with Crippen molar-refractivity contribution < 1.29 is 9.59 Å². The molecule has 0 spiro atoms. The second-order valence-corrected chi connectivity index (χ2v) is 7.34. The van der Waals surface area contributed by atoms with Crippen LogP contribution in [0.2, 0.25) is 0 Å². The number of hydrazine groups is 1. The third-order valence-corrected chi connectivity index (χ3v) is 5.03. The fourth-order valence-electron chi connectivity index (χ4n) is 2.51. The molecule has 3 N–H and O–H groups in total.